The summed E-state index contributed by atoms with van der Waals surface area (Å²) in [5.41, 5.74) is 11.0. The molecule has 26 heavy (non-hydrogen) atoms. The SMILES string of the molecule is CC(N)=C(C#N)C(=Nc1ccc(C)cc1)N1CCc2cc(O)ccc2C1. The van der Waals surface area contributed by atoms with Crippen LogP contribution in [0.2, 0.25) is 0 Å². The van der Waals surface area contributed by atoms with Crippen molar-refractivity contribution in [1.82, 2.24) is 4.90 Å². The average Bonchev–Trinajstić information content (AvgIpc) is 2.62. The standard InChI is InChI=1S/C21H22N4O/c1-14-3-6-18(7-4-14)24-21(20(12-22)15(2)23)25-10-9-16-11-19(26)8-5-17(16)13-25/h3-8,11,26H,9-10,13,23H2,1-2H3. The van der Waals surface area contributed by atoms with E-state index in [1.165, 1.54) is 0 Å². The van der Waals surface area contributed by atoms with Crippen molar-refractivity contribution in [3.05, 3.63) is 70.4 Å². The summed E-state index contributed by atoms with van der Waals surface area (Å²) in [6, 6.07) is 15.5. The summed E-state index contributed by atoms with van der Waals surface area (Å²) in [6.45, 7) is 5.08. The molecule has 2 aromatic rings. The Bertz CT molecular complexity index is 916. The molecule has 0 bridgehead atoms. The van der Waals surface area contributed by atoms with Gasteiger partial charge in [-0.15, -0.1) is 0 Å². The third-order valence-electron chi connectivity index (χ3n) is 4.50. The van der Waals surface area contributed by atoms with Crippen molar-refractivity contribution in [3.63, 3.8) is 0 Å². The number of rotatable bonds is 2. The van der Waals surface area contributed by atoms with Gasteiger partial charge in [-0.25, -0.2) is 4.99 Å². The van der Waals surface area contributed by atoms with Gasteiger partial charge < -0.3 is 15.7 Å². The van der Waals surface area contributed by atoms with Crippen LogP contribution >= 0.6 is 0 Å². The number of aryl methyl sites for hydroxylation is 1. The van der Waals surface area contributed by atoms with Crippen molar-refractivity contribution >= 4 is 11.5 Å². The number of aliphatic imine (C=N–C) groups is 1. The highest BCUT2D eigenvalue weighted by Crippen LogP contribution is 2.26. The number of nitriles is 1. The third kappa shape index (κ3) is 3.70. The highest BCUT2D eigenvalue weighted by atomic mass is 16.3. The van der Waals surface area contributed by atoms with Crippen molar-refractivity contribution in [2.24, 2.45) is 10.7 Å². The minimum absolute atomic E-state index is 0.279. The fourth-order valence-corrected chi connectivity index (χ4v) is 3.06. The first-order chi connectivity index (χ1) is 12.5. The number of hydrogen-bond donors (Lipinski definition) is 2. The first kappa shape index (κ1) is 17.6. The van der Waals surface area contributed by atoms with E-state index in [-0.39, 0.29) is 5.75 Å². The van der Waals surface area contributed by atoms with E-state index in [4.69, 9.17) is 10.7 Å². The number of phenols is 1. The van der Waals surface area contributed by atoms with Gasteiger partial charge in [0.2, 0.25) is 0 Å². The maximum atomic E-state index is 9.68. The van der Waals surface area contributed by atoms with E-state index in [0.717, 1.165) is 28.8 Å². The number of amidine groups is 1. The van der Waals surface area contributed by atoms with Crippen LogP contribution in [0.3, 0.4) is 0 Å². The molecule has 5 nitrogen and oxygen atoms in total. The molecule has 1 aliphatic rings. The van der Waals surface area contributed by atoms with Crippen molar-refractivity contribution in [1.29, 1.82) is 5.26 Å². The molecule has 0 atom stereocenters. The summed E-state index contributed by atoms with van der Waals surface area (Å²) in [4.78, 5) is 6.82. The summed E-state index contributed by atoms with van der Waals surface area (Å²) in [5.74, 6) is 0.872. The van der Waals surface area contributed by atoms with Crippen LogP contribution in [0.1, 0.15) is 23.6 Å². The Morgan fingerprint density at radius 2 is 1.92 bits per heavy atom. The molecule has 0 aromatic heterocycles. The van der Waals surface area contributed by atoms with Crippen LogP contribution in [0.5, 0.6) is 5.75 Å². The highest BCUT2D eigenvalue weighted by molar-refractivity contribution is 6.03. The van der Waals surface area contributed by atoms with Crippen LogP contribution in [0, 0.1) is 18.3 Å². The molecule has 0 fully saturated rings. The molecule has 3 rings (SSSR count). The van der Waals surface area contributed by atoms with Crippen LogP contribution in [-0.4, -0.2) is 22.4 Å². The van der Waals surface area contributed by atoms with Crippen LogP contribution in [0.15, 0.2) is 58.7 Å². The lowest BCUT2D eigenvalue weighted by Gasteiger charge is -2.31. The summed E-state index contributed by atoms with van der Waals surface area (Å²) in [5, 5.41) is 19.3. The maximum Gasteiger partial charge on any atom is 0.149 e. The van der Waals surface area contributed by atoms with Gasteiger partial charge in [-0.2, -0.15) is 5.26 Å². The zero-order valence-electron chi connectivity index (χ0n) is 15.0. The molecule has 1 heterocycles. The number of nitrogens with two attached hydrogens (primary N) is 1. The molecule has 0 unspecified atom stereocenters. The van der Waals surface area contributed by atoms with E-state index in [0.29, 0.717) is 30.2 Å². The Labute approximate surface area is 153 Å². The molecule has 0 saturated carbocycles. The number of allylic oxidation sites excluding steroid dienone is 1. The number of benzene rings is 2. The van der Waals surface area contributed by atoms with Crippen molar-refractivity contribution in [3.8, 4) is 11.8 Å². The third-order valence-corrected chi connectivity index (χ3v) is 4.50. The van der Waals surface area contributed by atoms with E-state index in [9.17, 15) is 10.4 Å². The second kappa shape index (κ2) is 7.32. The number of phenolic OH excluding ortho intramolecular Hbond substituents is 1. The Balaban J connectivity index is 2.02. The average molecular weight is 346 g/mol. The molecular formula is C21H22N4O. The van der Waals surface area contributed by atoms with Crippen molar-refractivity contribution in [2.45, 2.75) is 26.8 Å². The van der Waals surface area contributed by atoms with Gasteiger partial charge in [0.15, 0.2) is 0 Å². The van der Waals surface area contributed by atoms with Gasteiger partial charge in [0.05, 0.1) is 5.69 Å². The second-order valence-electron chi connectivity index (χ2n) is 6.57. The van der Waals surface area contributed by atoms with Gasteiger partial charge in [0, 0.05) is 18.8 Å². The lowest BCUT2D eigenvalue weighted by Crippen LogP contribution is -2.37. The normalized spacial score (nSPS) is 15.1. The smallest absolute Gasteiger partial charge is 0.149 e. The lowest BCUT2D eigenvalue weighted by atomic mass is 9.98. The topological polar surface area (TPSA) is 85.6 Å². The minimum atomic E-state index is 0.279. The number of hydrogen-bond acceptors (Lipinski definition) is 4. The molecule has 0 radical (unpaired) electrons. The Hall–Kier alpha value is -3.26. The Kier molecular flexibility index (Phi) is 4.94. The van der Waals surface area contributed by atoms with Crippen LogP contribution in [-0.2, 0) is 13.0 Å². The number of nitrogens with zero attached hydrogens (tertiary/aromatic N) is 3. The first-order valence-corrected chi connectivity index (χ1v) is 8.56. The number of aromatic hydroxyl groups is 1. The number of fused-ring (bicyclic) bond motifs is 1. The Morgan fingerprint density at radius 3 is 2.58 bits per heavy atom. The van der Waals surface area contributed by atoms with Gasteiger partial charge in [0.1, 0.15) is 23.2 Å². The van der Waals surface area contributed by atoms with E-state index < -0.39 is 0 Å². The summed E-state index contributed by atoms with van der Waals surface area (Å²) in [6.07, 6.45) is 0.777. The van der Waals surface area contributed by atoms with E-state index in [2.05, 4.69) is 11.0 Å². The van der Waals surface area contributed by atoms with Gasteiger partial charge in [-0.05, 0) is 55.7 Å². The second-order valence-corrected chi connectivity index (χ2v) is 6.57. The molecule has 3 N–H and O–H groups in total. The summed E-state index contributed by atoms with van der Waals surface area (Å²) >= 11 is 0. The molecule has 5 heteroatoms. The van der Waals surface area contributed by atoms with E-state index in [1.54, 1.807) is 19.1 Å². The van der Waals surface area contributed by atoms with Crippen molar-refractivity contribution in [2.75, 3.05) is 6.54 Å². The molecule has 0 saturated heterocycles. The molecule has 2 aromatic carbocycles. The molecule has 1 aliphatic heterocycles. The lowest BCUT2D eigenvalue weighted by molar-refractivity contribution is 0.392. The molecule has 0 spiro atoms. The fourth-order valence-electron chi connectivity index (χ4n) is 3.06. The molecular weight excluding hydrogens is 324 g/mol. The monoisotopic (exact) mass is 346 g/mol. The van der Waals surface area contributed by atoms with Gasteiger partial charge in [-0.3, -0.25) is 0 Å². The highest BCUT2D eigenvalue weighted by Gasteiger charge is 2.23. The van der Waals surface area contributed by atoms with Crippen LogP contribution in [0.4, 0.5) is 5.69 Å². The van der Waals surface area contributed by atoms with Crippen molar-refractivity contribution < 1.29 is 5.11 Å². The maximum absolute atomic E-state index is 9.68. The largest absolute Gasteiger partial charge is 0.508 e. The summed E-state index contributed by atoms with van der Waals surface area (Å²) < 4.78 is 0. The van der Waals surface area contributed by atoms with Gasteiger partial charge in [-0.1, -0.05) is 23.8 Å². The van der Waals surface area contributed by atoms with E-state index >= 15 is 0 Å². The zero-order valence-corrected chi connectivity index (χ0v) is 15.0. The molecule has 132 valence electrons. The predicted molar refractivity (Wildman–Crippen MR) is 103 cm³/mol. The quantitative estimate of drug-likeness (QED) is 0.495. The van der Waals surface area contributed by atoms with Crippen LogP contribution < -0.4 is 5.73 Å². The van der Waals surface area contributed by atoms with E-state index in [1.807, 2.05) is 37.3 Å². The van der Waals surface area contributed by atoms with Gasteiger partial charge in [0.25, 0.3) is 0 Å². The zero-order chi connectivity index (χ0) is 18.7. The molecule has 0 amide bonds. The van der Waals surface area contributed by atoms with Gasteiger partial charge >= 0.3 is 0 Å². The van der Waals surface area contributed by atoms with Crippen LogP contribution in [0.25, 0.3) is 0 Å². The summed E-state index contributed by atoms with van der Waals surface area (Å²) in [7, 11) is 0. The predicted octanol–water partition coefficient (Wildman–Crippen LogP) is 3.55. The fraction of sp³-hybridized carbons (Fsp3) is 0.238. The Morgan fingerprint density at radius 1 is 1.19 bits per heavy atom. The first-order valence-electron chi connectivity index (χ1n) is 8.56. The molecule has 0 aliphatic carbocycles. The minimum Gasteiger partial charge on any atom is -0.508 e.